The van der Waals surface area contributed by atoms with Gasteiger partial charge in [0.15, 0.2) is 0 Å². The number of nitrogens with zero attached hydrogens (tertiary/aromatic N) is 3. The van der Waals surface area contributed by atoms with Gasteiger partial charge in [-0.2, -0.15) is 10.3 Å². The molecule has 1 atom stereocenters. The Morgan fingerprint density at radius 1 is 1.59 bits per heavy atom. The fourth-order valence-corrected chi connectivity index (χ4v) is 2.15. The second kappa shape index (κ2) is 5.65. The van der Waals surface area contributed by atoms with E-state index >= 15 is 0 Å². The summed E-state index contributed by atoms with van der Waals surface area (Å²) in [5, 5.41) is 12.3. The molecule has 0 amide bonds. The second-order valence-corrected chi connectivity index (χ2v) is 4.44. The Morgan fingerprint density at radius 3 is 3.18 bits per heavy atom. The topological polar surface area (TPSA) is 61.1 Å². The van der Waals surface area contributed by atoms with Crippen molar-refractivity contribution in [1.82, 2.24) is 10.3 Å². The highest BCUT2D eigenvalue weighted by Gasteiger charge is 2.20. The highest BCUT2D eigenvalue weighted by atomic mass is 35.5. The molecule has 1 saturated heterocycles. The van der Waals surface area contributed by atoms with Crippen LogP contribution in [-0.2, 0) is 6.42 Å². The molecule has 1 aromatic heterocycles. The summed E-state index contributed by atoms with van der Waals surface area (Å²) in [4.78, 5) is 7.90. The Hall–Kier alpha value is -1.60. The highest BCUT2D eigenvalue weighted by Crippen LogP contribution is 2.18. The van der Waals surface area contributed by atoms with Crippen molar-refractivity contribution in [2.24, 2.45) is 10.9 Å². The molecule has 0 radical (unpaired) electrons. The van der Waals surface area contributed by atoms with E-state index in [1.807, 2.05) is 12.3 Å². The molecule has 1 aromatic rings. The lowest BCUT2D eigenvalue weighted by atomic mass is 9.91. The van der Waals surface area contributed by atoms with Crippen LogP contribution in [0.15, 0.2) is 23.3 Å². The number of nitriles is 1. The minimum Gasteiger partial charge on any atom is -0.373 e. The Balaban J connectivity index is 2.08. The van der Waals surface area contributed by atoms with E-state index in [0.717, 1.165) is 37.2 Å². The summed E-state index contributed by atoms with van der Waals surface area (Å²) in [6.45, 7) is 0.899. The van der Waals surface area contributed by atoms with Crippen LogP contribution in [0.5, 0.6) is 0 Å². The quantitative estimate of drug-likeness (QED) is 0.644. The summed E-state index contributed by atoms with van der Waals surface area (Å²) >= 11 is 5.74. The van der Waals surface area contributed by atoms with Gasteiger partial charge in [-0.15, -0.1) is 0 Å². The first-order valence-corrected chi connectivity index (χ1v) is 5.98. The van der Waals surface area contributed by atoms with Crippen LogP contribution in [0.25, 0.3) is 0 Å². The third-order valence-electron chi connectivity index (χ3n) is 2.86. The predicted molar refractivity (Wildman–Crippen MR) is 66.7 cm³/mol. The van der Waals surface area contributed by atoms with Gasteiger partial charge in [0.05, 0.1) is 0 Å². The molecule has 0 aliphatic carbocycles. The average Bonchev–Trinajstić information content (AvgIpc) is 2.35. The van der Waals surface area contributed by atoms with Gasteiger partial charge in [-0.1, -0.05) is 17.7 Å². The maximum atomic E-state index is 8.63. The normalized spacial score (nSPS) is 21.9. The second-order valence-electron chi connectivity index (χ2n) is 4.06. The first-order chi connectivity index (χ1) is 8.29. The summed E-state index contributed by atoms with van der Waals surface area (Å²) in [5.41, 5.74) is 1.12. The fraction of sp³-hybridized carbons (Fsp3) is 0.417. The molecule has 0 bridgehead atoms. The van der Waals surface area contributed by atoms with E-state index in [9.17, 15) is 0 Å². The Morgan fingerprint density at radius 2 is 2.47 bits per heavy atom. The summed E-state index contributed by atoms with van der Waals surface area (Å²) in [6, 6.07) is 3.75. The van der Waals surface area contributed by atoms with Crippen LogP contribution in [0.4, 0.5) is 0 Å². The van der Waals surface area contributed by atoms with Crippen molar-refractivity contribution in [3.63, 3.8) is 0 Å². The molecule has 1 aliphatic rings. The van der Waals surface area contributed by atoms with Gasteiger partial charge < -0.3 is 5.32 Å². The average molecular weight is 249 g/mol. The van der Waals surface area contributed by atoms with Crippen molar-refractivity contribution in [2.75, 3.05) is 6.54 Å². The smallest absolute Gasteiger partial charge is 0.207 e. The molecule has 1 aliphatic heterocycles. The molecule has 0 saturated carbocycles. The molecule has 0 aromatic carbocycles. The number of rotatable bonds is 2. The predicted octanol–water partition coefficient (Wildman–Crippen LogP) is 2.16. The molecule has 1 unspecified atom stereocenters. The van der Waals surface area contributed by atoms with Crippen LogP contribution in [0, 0.1) is 17.4 Å². The van der Waals surface area contributed by atoms with E-state index in [2.05, 4.69) is 15.3 Å². The van der Waals surface area contributed by atoms with E-state index in [4.69, 9.17) is 16.9 Å². The Labute approximate surface area is 105 Å². The third-order valence-corrected chi connectivity index (χ3v) is 3.09. The molecule has 4 nitrogen and oxygen atoms in total. The SMILES string of the molecule is N#CN=C1NCCCC1Cc1ccc(Cl)nc1. The van der Waals surface area contributed by atoms with Gasteiger partial charge in [0.2, 0.25) is 6.19 Å². The van der Waals surface area contributed by atoms with E-state index in [1.165, 1.54) is 0 Å². The van der Waals surface area contributed by atoms with Crippen molar-refractivity contribution < 1.29 is 0 Å². The summed E-state index contributed by atoms with van der Waals surface area (Å²) < 4.78 is 0. The first-order valence-electron chi connectivity index (χ1n) is 5.60. The zero-order chi connectivity index (χ0) is 12.1. The Bertz CT molecular complexity index is 447. The lowest BCUT2D eigenvalue weighted by molar-refractivity contribution is 0.523. The number of aliphatic imine (C=N–C) groups is 1. The molecular formula is C12H13ClN4. The Kier molecular flexibility index (Phi) is 3.94. The molecular weight excluding hydrogens is 236 g/mol. The zero-order valence-corrected chi connectivity index (χ0v) is 10.1. The van der Waals surface area contributed by atoms with Crippen molar-refractivity contribution in [2.45, 2.75) is 19.3 Å². The number of hydrogen-bond acceptors (Lipinski definition) is 3. The van der Waals surface area contributed by atoms with Gasteiger partial charge >= 0.3 is 0 Å². The number of pyridine rings is 1. The number of amidine groups is 1. The lowest BCUT2D eigenvalue weighted by Crippen LogP contribution is -2.37. The highest BCUT2D eigenvalue weighted by molar-refractivity contribution is 6.29. The van der Waals surface area contributed by atoms with Gasteiger partial charge in [-0.25, -0.2) is 4.98 Å². The molecule has 0 spiro atoms. The van der Waals surface area contributed by atoms with Crippen LogP contribution in [-0.4, -0.2) is 17.4 Å². The molecule has 88 valence electrons. The van der Waals surface area contributed by atoms with Gasteiger partial charge in [0.25, 0.3) is 0 Å². The van der Waals surface area contributed by atoms with Crippen LogP contribution in [0.1, 0.15) is 18.4 Å². The fourth-order valence-electron chi connectivity index (χ4n) is 2.04. The van der Waals surface area contributed by atoms with E-state index < -0.39 is 0 Å². The van der Waals surface area contributed by atoms with E-state index in [-0.39, 0.29) is 5.92 Å². The zero-order valence-electron chi connectivity index (χ0n) is 9.36. The minimum absolute atomic E-state index is 0.284. The van der Waals surface area contributed by atoms with Crippen LogP contribution < -0.4 is 5.32 Å². The molecule has 2 rings (SSSR count). The summed E-state index contributed by atoms with van der Waals surface area (Å²) in [6.07, 6.45) is 6.63. The molecule has 1 fully saturated rings. The van der Waals surface area contributed by atoms with Gasteiger partial charge in [0, 0.05) is 18.7 Å². The van der Waals surface area contributed by atoms with Crippen LogP contribution >= 0.6 is 11.6 Å². The van der Waals surface area contributed by atoms with E-state index in [1.54, 1.807) is 12.3 Å². The van der Waals surface area contributed by atoms with E-state index in [0.29, 0.717) is 5.15 Å². The van der Waals surface area contributed by atoms with Gasteiger partial charge in [0.1, 0.15) is 11.0 Å². The minimum atomic E-state index is 0.284. The number of hydrogen-bond donors (Lipinski definition) is 1. The number of piperidine rings is 1. The molecule has 1 N–H and O–H groups in total. The number of halogens is 1. The van der Waals surface area contributed by atoms with Crippen molar-refractivity contribution in [3.8, 4) is 6.19 Å². The van der Waals surface area contributed by atoms with Crippen molar-refractivity contribution >= 4 is 17.4 Å². The lowest BCUT2D eigenvalue weighted by Gasteiger charge is -2.24. The molecule has 2 heterocycles. The number of nitrogens with one attached hydrogen (secondary N) is 1. The number of aromatic nitrogens is 1. The van der Waals surface area contributed by atoms with Gasteiger partial charge in [-0.3, -0.25) is 0 Å². The standard InChI is InChI=1S/C12H13ClN4/c13-11-4-3-9(7-16-11)6-10-2-1-5-15-12(10)17-8-14/h3-4,7,10H,1-2,5-6H2,(H,15,17). The maximum Gasteiger partial charge on any atom is 0.207 e. The van der Waals surface area contributed by atoms with Crippen LogP contribution in [0.3, 0.4) is 0 Å². The summed E-state index contributed by atoms with van der Waals surface area (Å²) in [7, 11) is 0. The first kappa shape index (κ1) is 11.9. The van der Waals surface area contributed by atoms with Crippen molar-refractivity contribution in [3.05, 3.63) is 29.0 Å². The van der Waals surface area contributed by atoms with Gasteiger partial charge in [-0.05, 0) is 30.9 Å². The largest absolute Gasteiger partial charge is 0.373 e. The van der Waals surface area contributed by atoms with Crippen molar-refractivity contribution in [1.29, 1.82) is 5.26 Å². The summed E-state index contributed by atoms with van der Waals surface area (Å²) in [5.74, 6) is 1.08. The molecule has 17 heavy (non-hydrogen) atoms. The monoisotopic (exact) mass is 248 g/mol. The van der Waals surface area contributed by atoms with Crippen LogP contribution in [0.2, 0.25) is 5.15 Å². The third kappa shape index (κ3) is 3.18. The molecule has 5 heteroatoms. The maximum absolute atomic E-state index is 8.63.